The van der Waals surface area contributed by atoms with Crippen molar-refractivity contribution in [3.05, 3.63) is 35.9 Å². The van der Waals surface area contributed by atoms with Crippen LogP contribution in [-0.4, -0.2) is 41.6 Å². The summed E-state index contributed by atoms with van der Waals surface area (Å²) in [4.78, 5) is 0. The Hall–Kier alpha value is -0.940. The Kier molecular flexibility index (Phi) is 4.26. The van der Waals surface area contributed by atoms with Gasteiger partial charge in [0.2, 0.25) is 0 Å². The standard InChI is InChI=1S/C15H23NO3/c1-12-15(18,8-9-19-12)11-16-10-14(2,17)13-6-4-3-5-7-13/h3-7,12,16-18H,8-11H2,1-2H3. The molecule has 106 valence electrons. The minimum absolute atomic E-state index is 0.165. The second-order valence-corrected chi connectivity index (χ2v) is 5.61. The van der Waals surface area contributed by atoms with Gasteiger partial charge >= 0.3 is 0 Å². The van der Waals surface area contributed by atoms with Crippen molar-refractivity contribution >= 4 is 0 Å². The van der Waals surface area contributed by atoms with E-state index in [4.69, 9.17) is 4.74 Å². The van der Waals surface area contributed by atoms with Crippen molar-refractivity contribution in [3.8, 4) is 0 Å². The Balaban J connectivity index is 1.88. The zero-order chi connectivity index (χ0) is 13.9. The van der Waals surface area contributed by atoms with E-state index < -0.39 is 11.2 Å². The predicted molar refractivity (Wildman–Crippen MR) is 73.9 cm³/mol. The van der Waals surface area contributed by atoms with Gasteiger partial charge in [-0.1, -0.05) is 30.3 Å². The van der Waals surface area contributed by atoms with Gasteiger partial charge in [-0.15, -0.1) is 0 Å². The van der Waals surface area contributed by atoms with Crippen LogP contribution in [0.3, 0.4) is 0 Å². The smallest absolute Gasteiger partial charge is 0.105 e. The maximum Gasteiger partial charge on any atom is 0.105 e. The Bertz CT molecular complexity index is 407. The van der Waals surface area contributed by atoms with Crippen LogP contribution in [0.25, 0.3) is 0 Å². The summed E-state index contributed by atoms with van der Waals surface area (Å²) in [6, 6.07) is 9.54. The molecule has 1 heterocycles. The summed E-state index contributed by atoms with van der Waals surface area (Å²) >= 11 is 0. The SMILES string of the molecule is CC1OCCC1(O)CNCC(C)(O)c1ccccc1. The highest BCUT2D eigenvalue weighted by Gasteiger charge is 2.39. The first-order valence-electron chi connectivity index (χ1n) is 6.77. The lowest BCUT2D eigenvalue weighted by molar-refractivity contribution is -0.0308. The molecule has 0 saturated carbocycles. The molecule has 19 heavy (non-hydrogen) atoms. The molecule has 0 bridgehead atoms. The number of rotatable bonds is 5. The molecule has 1 fully saturated rings. The first-order valence-corrected chi connectivity index (χ1v) is 6.77. The molecule has 0 radical (unpaired) electrons. The Labute approximate surface area is 114 Å². The van der Waals surface area contributed by atoms with Crippen LogP contribution in [0.2, 0.25) is 0 Å². The first kappa shape index (κ1) is 14.5. The number of benzene rings is 1. The van der Waals surface area contributed by atoms with Crippen LogP contribution in [0.4, 0.5) is 0 Å². The van der Waals surface area contributed by atoms with E-state index in [1.807, 2.05) is 37.3 Å². The third-order valence-electron chi connectivity index (χ3n) is 3.96. The molecule has 1 aliphatic rings. The molecule has 1 aromatic carbocycles. The van der Waals surface area contributed by atoms with Crippen molar-refractivity contribution in [2.45, 2.75) is 37.6 Å². The van der Waals surface area contributed by atoms with Crippen LogP contribution in [0, 0.1) is 0 Å². The normalized spacial score (nSPS) is 30.2. The minimum Gasteiger partial charge on any atom is -0.386 e. The van der Waals surface area contributed by atoms with Gasteiger partial charge in [0.05, 0.1) is 11.7 Å². The summed E-state index contributed by atoms with van der Waals surface area (Å²) in [6.07, 6.45) is 0.468. The molecule has 3 N–H and O–H groups in total. The van der Waals surface area contributed by atoms with E-state index in [0.717, 1.165) is 5.56 Å². The molecule has 0 spiro atoms. The van der Waals surface area contributed by atoms with E-state index in [1.165, 1.54) is 0 Å². The zero-order valence-electron chi connectivity index (χ0n) is 11.6. The van der Waals surface area contributed by atoms with Crippen molar-refractivity contribution in [3.63, 3.8) is 0 Å². The highest BCUT2D eigenvalue weighted by molar-refractivity contribution is 5.21. The van der Waals surface area contributed by atoms with Crippen molar-refractivity contribution in [1.29, 1.82) is 0 Å². The van der Waals surface area contributed by atoms with Crippen LogP contribution >= 0.6 is 0 Å². The molecule has 1 saturated heterocycles. The van der Waals surface area contributed by atoms with Crippen molar-refractivity contribution in [1.82, 2.24) is 5.32 Å². The van der Waals surface area contributed by atoms with E-state index in [9.17, 15) is 10.2 Å². The molecule has 0 aromatic heterocycles. The Morgan fingerprint density at radius 3 is 2.68 bits per heavy atom. The molecule has 1 aromatic rings. The number of hydrogen-bond donors (Lipinski definition) is 3. The van der Waals surface area contributed by atoms with Gasteiger partial charge < -0.3 is 20.3 Å². The molecule has 4 heteroatoms. The maximum absolute atomic E-state index is 10.4. The molecule has 3 unspecified atom stereocenters. The van der Waals surface area contributed by atoms with Crippen LogP contribution in [0.1, 0.15) is 25.8 Å². The summed E-state index contributed by atoms with van der Waals surface area (Å²) in [7, 11) is 0. The van der Waals surface area contributed by atoms with Crippen LogP contribution < -0.4 is 5.32 Å². The summed E-state index contributed by atoms with van der Waals surface area (Å²) < 4.78 is 5.38. The second kappa shape index (κ2) is 5.59. The topological polar surface area (TPSA) is 61.7 Å². The molecule has 0 amide bonds. The van der Waals surface area contributed by atoms with E-state index in [0.29, 0.717) is 26.1 Å². The molecule has 1 aliphatic heterocycles. The second-order valence-electron chi connectivity index (χ2n) is 5.61. The summed E-state index contributed by atoms with van der Waals surface area (Å²) in [6.45, 7) is 5.07. The average Bonchev–Trinajstić information content (AvgIpc) is 2.71. The van der Waals surface area contributed by atoms with Crippen molar-refractivity contribution in [2.24, 2.45) is 0 Å². The largest absolute Gasteiger partial charge is 0.386 e. The molecule has 0 aliphatic carbocycles. The van der Waals surface area contributed by atoms with E-state index in [1.54, 1.807) is 6.92 Å². The highest BCUT2D eigenvalue weighted by Crippen LogP contribution is 2.25. The summed E-state index contributed by atoms with van der Waals surface area (Å²) in [5, 5.41) is 23.9. The van der Waals surface area contributed by atoms with Crippen LogP contribution in [-0.2, 0) is 10.3 Å². The molecule has 4 nitrogen and oxygen atoms in total. The summed E-state index contributed by atoms with van der Waals surface area (Å²) in [5.41, 5.74) is -0.905. The number of hydrogen-bond acceptors (Lipinski definition) is 4. The number of nitrogens with one attached hydrogen (secondary N) is 1. The highest BCUT2D eigenvalue weighted by atomic mass is 16.5. The lowest BCUT2D eigenvalue weighted by Gasteiger charge is -2.30. The van der Waals surface area contributed by atoms with Gasteiger partial charge in [0.15, 0.2) is 0 Å². The van der Waals surface area contributed by atoms with Gasteiger partial charge in [-0.3, -0.25) is 0 Å². The van der Waals surface area contributed by atoms with Crippen molar-refractivity contribution in [2.75, 3.05) is 19.7 Å². The average molecular weight is 265 g/mol. The molecule has 3 atom stereocenters. The van der Waals surface area contributed by atoms with E-state index in [-0.39, 0.29) is 6.10 Å². The molecular formula is C15H23NO3. The molecule has 2 rings (SSSR count). The third-order valence-corrected chi connectivity index (χ3v) is 3.96. The van der Waals surface area contributed by atoms with E-state index >= 15 is 0 Å². The minimum atomic E-state index is -0.944. The fraction of sp³-hybridized carbons (Fsp3) is 0.600. The van der Waals surface area contributed by atoms with Crippen LogP contribution in [0.5, 0.6) is 0 Å². The fourth-order valence-electron chi connectivity index (χ4n) is 2.42. The van der Waals surface area contributed by atoms with Gasteiger partial charge in [-0.2, -0.15) is 0 Å². The Morgan fingerprint density at radius 2 is 2.11 bits per heavy atom. The quantitative estimate of drug-likeness (QED) is 0.744. The zero-order valence-corrected chi connectivity index (χ0v) is 11.6. The fourth-order valence-corrected chi connectivity index (χ4v) is 2.42. The van der Waals surface area contributed by atoms with Gasteiger partial charge in [0, 0.05) is 26.1 Å². The lowest BCUT2D eigenvalue weighted by atomic mass is 9.94. The predicted octanol–water partition coefficient (Wildman–Crippen LogP) is 1.02. The first-order chi connectivity index (χ1) is 8.94. The molecular weight excluding hydrogens is 242 g/mol. The van der Waals surface area contributed by atoms with Gasteiger partial charge in [-0.25, -0.2) is 0 Å². The van der Waals surface area contributed by atoms with Crippen molar-refractivity contribution < 1.29 is 14.9 Å². The van der Waals surface area contributed by atoms with Gasteiger partial charge in [0.1, 0.15) is 5.60 Å². The number of aliphatic hydroxyl groups is 2. The van der Waals surface area contributed by atoms with E-state index in [2.05, 4.69) is 5.32 Å². The summed E-state index contributed by atoms with van der Waals surface area (Å²) in [5.74, 6) is 0. The lowest BCUT2D eigenvalue weighted by Crippen LogP contribution is -2.48. The monoisotopic (exact) mass is 265 g/mol. The van der Waals surface area contributed by atoms with Crippen LogP contribution in [0.15, 0.2) is 30.3 Å². The Morgan fingerprint density at radius 1 is 1.42 bits per heavy atom. The number of ether oxygens (including phenoxy) is 1. The maximum atomic E-state index is 10.4. The third kappa shape index (κ3) is 3.34. The van der Waals surface area contributed by atoms with Gasteiger partial charge in [-0.05, 0) is 19.4 Å². The van der Waals surface area contributed by atoms with Gasteiger partial charge in [0.25, 0.3) is 0 Å².